The zero-order valence-corrected chi connectivity index (χ0v) is 22.8. The molecule has 3 aromatic rings. The highest BCUT2D eigenvalue weighted by molar-refractivity contribution is 5.98. The Hall–Kier alpha value is -4.30. The second-order valence-electron chi connectivity index (χ2n) is 10.8. The number of fused-ring (bicyclic) bond motifs is 2. The highest BCUT2D eigenvalue weighted by Gasteiger charge is 2.49. The molecule has 0 aliphatic carbocycles. The van der Waals surface area contributed by atoms with Gasteiger partial charge >= 0.3 is 5.97 Å². The van der Waals surface area contributed by atoms with Crippen LogP contribution in [0.4, 0.5) is 0 Å². The molecule has 13 heteroatoms. The molecule has 0 radical (unpaired) electrons. The number of cyclic esters (lactones) is 1. The number of carbonyl (C=O) groups excluding carboxylic acids is 4. The summed E-state index contributed by atoms with van der Waals surface area (Å²) in [6, 6.07) is 17.7. The standard InChI is InChI=1S/C29H32N6O7/c36-25-11-10-24(33-28(39)22-12-19-8-4-5-9-21(19)31-22)35(40)15-20(14-30-17-34(25)35)27(38)32-23-13-26(37)42-29(23)41-16-18-6-2-1-3-7-18/h1-9,12,20,23-24,29-31H,10-11,13-17H2,(H,32,38)(H,33,39)/t20-,23?,24?,29?,35?/m0/s1. The Morgan fingerprint density at radius 2 is 1.88 bits per heavy atom. The summed E-state index contributed by atoms with van der Waals surface area (Å²) in [4.78, 5) is 54.6. The van der Waals surface area contributed by atoms with Crippen molar-refractivity contribution >= 4 is 34.6 Å². The lowest BCUT2D eigenvalue weighted by atomic mass is 10.1. The summed E-state index contributed by atoms with van der Waals surface area (Å²) in [5, 5.41) is 25.1. The van der Waals surface area contributed by atoms with Crippen LogP contribution in [0, 0.1) is 11.1 Å². The number of amides is 3. The van der Waals surface area contributed by atoms with E-state index < -0.39 is 47.0 Å². The molecule has 2 aromatic carbocycles. The van der Waals surface area contributed by atoms with E-state index in [1.165, 1.54) is 0 Å². The number of quaternary nitrogens is 1. The van der Waals surface area contributed by atoms with Crippen LogP contribution in [0.1, 0.15) is 35.3 Å². The van der Waals surface area contributed by atoms with Crippen molar-refractivity contribution in [2.45, 2.75) is 44.4 Å². The fourth-order valence-corrected chi connectivity index (χ4v) is 5.74. The number of hydrogen-bond donors (Lipinski definition) is 4. The quantitative estimate of drug-likeness (QED) is 0.185. The summed E-state index contributed by atoms with van der Waals surface area (Å²) in [7, 11) is 0. The zero-order chi connectivity index (χ0) is 29.3. The predicted octanol–water partition coefficient (Wildman–Crippen LogP) is 1.23. The monoisotopic (exact) mass is 576 g/mol. The van der Waals surface area contributed by atoms with Gasteiger partial charge in [0.2, 0.25) is 12.2 Å². The second kappa shape index (κ2) is 11.5. The van der Waals surface area contributed by atoms with E-state index in [-0.39, 0.29) is 51.5 Å². The molecule has 3 fully saturated rings. The van der Waals surface area contributed by atoms with E-state index in [1.807, 2.05) is 54.6 Å². The van der Waals surface area contributed by atoms with Crippen molar-refractivity contribution in [1.82, 2.24) is 25.9 Å². The molecule has 4 N–H and O–H groups in total. The van der Waals surface area contributed by atoms with Gasteiger partial charge < -0.3 is 25.0 Å². The number of aromatic amines is 1. The Kier molecular flexibility index (Phi) is 7.64. The first-order valence-electron chi connectivity index (χ1n) is 13.9. The largest absolute Gasteiger partial charge is 0.604 e. The van der Waals surface area contributed by atoms with Crippen LogP contribution < -0.4 is 16.0 Å². The average molecular weight is 577 g/mol. The van der Waals surface area contributed by atoms with Crippen LogP contribution >= 0.6 is 0 Å². The lowest BCUT2D eigenvalue weighted by molar-refractivity contribution is -1.01. The van der Waals surface area contributed by atoms with Gasteiger partial charge in [0.25, 0.3) is 11.8 Å². The Labute approximate surface area is 241 Å². The first-order valence-corrected chi connectivity index (χ1v) is 13.9. The average Bonchev–Trinajstić information content (AvgIpc) is 3.52. The van der Waals surface area contributed by atoms with Crippen molar-refractivity contribution in [3.63, 3.8) is 0 Å². The SMILES string of the molecule is O=C1CC(NC(=O)[C@H]2CNCN3C(=O)CCC(NC(=O)c4cc5ccccc5[nH]4)[N+]3([O-])C2)C(OCc2ccccc2)O1. The maximum Gasteiger partial charge on any atom is 0.310 e. The Bertz CT molecular complexity index is 1460. The molecule has 0 saturated carbocycles. The van der Waals surface area contributed by atoms with Crippen molar-refractivity contribution in [2.75, 3.05) is 19.8 Å². The molecule has 3 saturated heterocycles. The lowest BCUT2D eigenvalue weighted by Gasteiger charge is -2.55. The summed E-state index contributed by atoms with van der Waals surface area (Å²) < 4.78 is 9.88. The second-order valence-corrected chi connectivity index (χ2v) is 10.8. The van der Waals surface area contributed by atoms with Gasteiger partial charge in [0.1, 0.15) is 30.9 Å². The number of nitrogens with zero attached hydrogens (tertiary/aromatic N) is 2. The molecule has 220 valence electrons. The van der Waals surface area contributed by atoms with Gasteiger partial charge in [0.05, 0.1) is 13.0 Å². The van der Waals surface area contributed by atoms with Crippen molar-refractivity contribution in [3.05, 3.63) is 77.1 Å². The molecular formula is C29H32N6O7. The summed E-state index contributed by atoms with van der Waals surface area (Å²) in [5.41, 5.74) is 1.96. The fourth-order valence-electron chi connectivity index (χ4n) is 5.74. The predicted molar refractivity (Wildman–Crippen MR) is 148 cm³/mol. The van der Waals surface area contributed by atoms with Gasteiger partial charge in [-0.3, -0.25) is 29.8 Å². The molecule has 6 rings (SSSR count). The van der Waals surface area contributed by atoms with Crippen molar-refractivity contribution in [3.8, 4) is 0 Å². The molecule has 42 heavy (non-hydrogen) atoms. The van der Waals surface area contributed by atoms with Gasteiger partial charge in [-0.25, -0.2) is 4.76 Å². The number of esters is 1. The maximum absolute atomic E-state index is 14.4. The number of benzene rings is 2. The molecule has 4 unspecified atom stereocenters. The summed E-state index contributed by atoms with van der Waals surface area (Å²) in [6.45, 7) is -0.0544. The molecule has 0 bridgehead atoms. The molecule has 3 aliphatic heterocycles. The Morgan fingerprint density at radius 1 is 1.10 bits per heavy atom. The molecule has 13 nitrogen and oxygen atoms in total. The molecule has 5 atom stereocenters. The number of rotatable bonds is 7. The van der Waals surface area contributed by atoms with E-state index in [1.54, 1.807) is 6.07 Å². The van der Waals surface area contributed by atoms with E-state index in [2.05, 4.69) is 20.9 Å². The third kappa shape index (κ3) is 5.59. The summed E-state index contributed by atoms with van der Waals surface area (Å²) >= 11 is 0. The van der Waals surface area contributed by atoms with Crippen LogP contribution in [0.25, 0.3) is 10.9 Å². The number of H-pyrrole nitrogens is 1. The molecule has 3 aliphatic rings. The highest BCUT2D eigenvalue weighted by Crippen LogP contribution is 2.30. The van der Waals surface area contributed by atoms with Crippen LogP contribution in [0.3, 0.4) is 0 Å². The Morgan fingerprint density at radius 3 is 2.69 bits per heavy atom. The van der Waals surface area contributed by atoms with Gasteiger partial charge in [-0.2, -0.15) is 5.01 Å². The first kappa shape index (κ1) is 27.8. The van der Waals surface area contributed by atoms with E-state index in [9.17, 15) is 24.4 Å². The van der Waals surface area contributed by atoms with Crippen molar-refractivity contribution in [2.24, 2.45) is 5.92 Å². The van der Waals surface area contributed by atoms with Gasteiger partial charge in [0, 0.05) is 30.3 Å². The lowest BCUT2D eigenvalue weighted by Crippen LogP contribution is -2.72. The number of aromatic nitrogens is 1. The number of para-hydroxylation sites is 1. The van der Waals surface area contributed by atoms with Crippen LogP contribution in [0.2, 0.25) is 0 Å². The normalized spacial score (nSPS) is 27.7. The minimum absolute atomic E-state index is 0.0707. The van der Waals surface area contributed by atoms with Crippen molar-refractivity contribution in [1.29, 1.82) is 0 Å². The van der Waals surface area contributed by atoms with Gasteiger partial charge in [-0.1, -0.05) is 48.5 Å². The Balaban J connectivity index is 1.15. The smallest absolute Gasteiger partial charge is 0.310 e. The van der Waals surface area contributed by atoms with Gasteiger partial charge in [-0.15, -0.1) is 0 Å². The van der Waals surface area contributed by atoms with E-state index in [0.29, 0.717) is 5.69 Å². The van der Waals surface area contributed by atoms with E-state index >= 15 is 0 Å². The number of carbonyl (C=O) groups is 4. The summed E-state index contributed by atoms with van der Waals surface area (Å²) in [6.07, 6.45) is -1.83. The van der Waals surface area contributed by atoms with Gasteiger partial charge in [-0.05, 0) is 17.7 Å². The first-order chi connectivity index (χ1) is 20.3. The highest BCUT2D eigenvalue weighted by atomic mass is 16.7. The number of nitrogens with one attached hydrogen (secondary N) is 4. The van der Waals surface area contributed by atoms with E-state index in [0.717, 1.165) is 21.5 Å². The van der Waals surface area contributed by atoms with Crippen LogP contribution in [-0.2, 0) is 30.5 Å². The minimum Gasteiger partial charge on any atom is -0.604 e. The van der Waals surface area contributed by atoms with Crippen molar-refractivity contribution < 1.29 is 33.4 Å². The van der Waals surface area contributed by atoms with Crippen LogP contribution in [0.5, 0.6) is 0 Å². The molecule has 1 aromatic heterocycles. The van der Waals surface area contributed by atoms with Crippen LogP contribution in [-0.4, -0.2) is 76.7 Å². The number of ether oxygens (including phenoxy) is 2. The molecule has 0 spiro atoms. The van der Waals surface area contributed by atoms with Gasteiger partial charge in [0.15, 0.2) is 6.17 Å². The number of hydroxylamine groups is 2. The molecular weight excluding hydrogens is 544 g/mol. The molecule has 4 heterocycles. The maximum atomic E-state index is 14.4. The summed E-state index contributed by atoms with van der Waals surface area (Å²) in [5.74, 6) is -2.68. The third-order valence-corrected chi connectivity index (χ3v) is 7.94. The molecule has 3 amide bonds. The third-order valence-electron chi connectivity index (χ3n) is 7.94. The van der Waals surface area contributed by atoms with E-state index in [4.69, 9.17) is 9.47 Å². The topological polar surface area (TPSA) is 165 Å². The fraction of sp³-hybridized carbons (Fsp3) is 0.379. The minimum atomic E-state index is -1.20. The zero-order valence-electron chi connectivity index (χ0n) is 22.8. The van der Waals surface area contributed by atoms with Crippen LogP contribution in [0.15, 0.2) is 60.7 Å². The number of hydrogen-bond acceptors (Lipinski definition) is 8.